The number of rotatable bonds is 5. The molecule has 3 N–H and O–H groups in total. The number of hydrogen-bond acceptors (Lipinski definition) is 5. The summed E-state index contributed by atoms with van der Waals surface area (Å²) >= 11 is 0. The average Bonchev–Trinajstić information content (AvgIpc) is 2.71. The van der Waals surface area contributed by atoms with Crippen molar-refractivity contribution in [2.24, 2.45) is 0 Å². The number of amides is 1. The van der Waals surface area contributed by atoms with Crippen LogP contribution >= 0.6 is 0 Å². The van der Waals surface area contributed by atoms with Gasteiger partial charge < -0.3 is 15.8 Å². The Bertz CT molecular complexity index is 865. The quantitative estimate of drug-likeness (QED) is 0.707. The molecule has 2 aromatic heterocycles. The SMILES string of the molecule is CC.Cc1ncc(N)cc1C(=O)Nc1ccc(OCc2ccccn2)cc1. The normalized spacial score (nSPS) is 9.74. The van der Waals surface area contributed by atoms with Gasteiger partial charge in [-0.25, -0.2) is 0 Å². The first-order valence-electron chi connectivity index (χ1n) is 8.78. The molecule has 2 heterocycles. The molecule has 0 saturated heterocycles. The zero-order valence-corrected chi connectivity index (χ0v) is 15.8. The number of nitrogens with zero attached hydrogens (tertiary/aromatic N) is 2. The fourth-order valence-electron chi connectivity index (χ4n) is 2.25. The van der Waals surface area contributed by atoms with E-state index in [0.29, 0.717) is 35.0 Å². The predicted octanol–water partition coefficient (Wildman–Crippen LogP) is 4.22. The number of nitrogens with one attached hydrogen (secondary N) is 1. The number of carbonyl (C=O) groups excluding carboxylic acids is 1. The largest absolute Gasteiger partial charge is 0.487 e. The minimum atomic E-state index is -0.251. The van der Waals surface area contributed by atoms with E-state index in [4.69, 9.17) is 10.5 Å². The highest BCUT2D eigenvalue weighted by molar-refractivity contribution is 6.05. The van der Waals surface area contributed by atoms with Gasteiger partial charge in [-0.3, -0.25) is 14.8 Å². The molecular formula is C21H24N4O2. The first kappa shape index (κ1) is 19.9. The van der Waals surface area contributed by atoms with Crippen LogP contribution in [0.3, 0.4) is 0 Å². The maximum absolute atomic E-state index is 12.3. The number of nitrogen functional groups attached to an aromatic ring is 1. The number of benzene rings is 1. The summed E-state index contributed by atoms with van der Waals surface area (Å²) in [6, 6.07) is 14.4. The summed E-state index contributed by atoms with van der Waals surface area (Å²) in [7, 11) is 0. The highest BCUT2D eigenvalue weighted by Gasteiger charge is 2.11. The second-order valence-corrected chi connectivity index (χ2v) is 5.49. The summed E-state index contributed by atoms with van der Waals surface area (Å²) in [4.78, 5) is 20.6. The van der Waals surface area contributed by atoms with Crippen LogP contribution in [-0.2, 0) is 6.61 Å². The van der Waals surface area contributed by atoms with Crippen molar-refractivity contribution in [2.75, 3.05) is 11.1 Å². The van der Waals surface area contributed by atoms with Gasteiger partial charge in [-0.2, -0.15) is 0 Å². The Hall–Kier alpha value is -3.41. The average molecular weight is 364 g/mol. The van der Waals surface area contributed by atoms with Gasteiger partial charge in [-0.05, 0) is 49.4 Å². The molecule has 3 rings (SSSR count). The second-order valence-electron chi connectivity index (χ2n) is 5.49. The molecule has 0 bridgehead atoms. The van der Waals surface area contributed by atoms with Crippen LogP contribution < -0.4 is 15.8 Å². The number of aryl methyl sites for hydroxylation is 1. The molecule has 140 valence electrons. The van der Waals surface area contributed by atoms with E-state index < -0.39 is 0 Å². The van der Waals surface area contributed by atoms with Gasteiger partial charge in [0, 0.05) is 11.9 Å². The molecule has 0 unspecified atom stereocenters. The Kier molecular flexibility index (Phi) is 7.31. The van der Waals surface area contributed by atoms with Crippen molar-refractivity contribution in [3.05, 3.63) is 77.9 Å². The Morgan fingerprint density at radius 3 is 2.52 bits per heavy atom. The van der Waals surface area contributed by atoms with Gasteiger partial charge in [0.1, 0.15) is 12.4 Å². The number of pyridine rings is 2. The topological polar surface area (TPSA) is 90.1 Å². The Labute approximate surface area is 159 Å². The number of nitrogens with two attached hydrogens (primary N) is 1. The van der Waals surface area contributed by atoms with Crippen LogP contribution in [0, 0.1) is 6.92 Å². The van der Waals surface area contributed by atoms with Crippen molar-refractivity contribution in [1.82, 2.24) is 9.97 Å². The van der Waals surface area contributed by atoms with Crippen LogP contribution in [0.2, 0.25) is 0 Å². The van der Waals surface area contributed by atoms with Crippen molar-refractivity contribution in [3.8, 4) is 5.75 Å². The lowest BCUT2D eigenvalue weighted by molar-refractivity contribution is 0.102. The number of anilines is 2. The van der Waals surface area contributed by atoms with E-state index in [9.17, 15) is 4.79 Å². The molecule has 3 aromatic rings. The summed E-state index contributed by atoms with van der Waals surface area (Å²) in [6.07, 6.45) is 3.25. The molecule has 0 fully saturated rings. The number of carbonyl (C=O) groups is 1. The standard InChI is InChI=1S/C19H18N4O2.C2H6/c1-13-18(10-14(20)11-22-13)19(24)23-15-5-7-17(8-6-15)25-12-16-4-2-3-9-21-16;1-2/h2-11H,12,20H2,1H3,(H,23,24);1-2H3. The number of aromatic nitrogens is 2. The molecule has 0 saturated carbocycles. The fraction of sp³-hybridized carbons (Fsp3) is 0.190. The summed E-state index contributed by atoms with van der Waals surface area (Å²) in [5.41, 5.74) is 8.74. The third kappa shape index (κ3) is 5.81. The fourth-order valence-corrected chi connectivity index (χ4v) is 2.25. The molecule has 0 aliphatic rings. The molecule has 0 aliphatic carbocycles. The van der Waals surface area contributed by atoms with Crippen LogP contribution in [0.1, 0.15) is 35.6 Å². The molecule has 27 heavy (non-hydrogen) atoms. The molecular weight excluding hydrogens is 340 g/mol. The second kappa shape index (κ2) is 9.91. The van der Waals surface area contributed by atoms with E-state index in [2.05, 4.69) is 15.3 Å². The summed E-state index contributed by atoms with van der Waals surface area (Å²) in [5.74, 6) is 0.449. The van der Waals surface area contributed by atoms with Gasteiger partial charge in [-0.1, -0.05) is 19.9 Å². The van der Waals surface area contributed by atoms with Crippen molar-refractivity contribution < 1.29 is 9.53 Å². The molecule has 6 heteroatoms. The lowest BCUT2D eigenvalue weighted by Crippen LogP contribution is -2.14. The van der Waals surface area contributed by atoms with E-state index in [0.717, 1.165) is 5.69 Å². The van der Waals surface area contributed by atoms with Gasteiger partial charge in [0.2, 0.25) is 0 Å². The minimum Gasteiger partial charge on any atom is -0.487 e. The van der Waals surface area contributed by atoms with Crippen molar-refractivity contribution in [2.45, 2.75) is 27.4 Å². The summed E-state index contributed by atoms with van der Waals surface area (Å²) in [5, 5.41) is 2.82. The molecule has 0 spiro atoms. The Balaban J connectivity index is 0.00000126. The van der Waals surface area contributed by atoms with Crippen LogP contribution in [0.5, 0.6) is 5.75 Å². The Morgan fingerprint density at radius 1 is 1.11 bits per heavy atom. The first-order valence-corrected chi connectivity index (χ1v) is 8.78. The van der Waals surface area contributed by atoms with Gasteiger partial charge in [-0.15, -0.1) is 0 Å². The maximum Gasteiger partial charge on any atom is 0.257 e. The zero-order chi connectivity index (χ0) is 19.6. The van der Waals surface area contributed by atoms with Gasteiger partial charge in [0.25, 0.3) is 5.91 Å². The molecule has 0 aliphatic heterocycles. The zero-order valence-electron chi connectivity index (χ0n) is 15.8. The van der Waals surface area contributed by atoms with Crippen LogP contribution in [0.15, 0.2) is 60.9 Å². The van der Waals surface area contributed by atoms with Gasteiger partial charge in [0.15, 0.2) is 0 Å². The molecule has 1 amide bonds. The van der Waals surface area contributed by atoms with Gasteiger partial charge in [0.05, 0.1) is 28.8 Å². The van der Waals surface area contributed by atoms with Gasteiger partial charge >= 0.3 is 0 Å². The number of hydrogen-bond donors (Lipinski definition) is 2. The first-order chi connectivity index (χ1) is 13.1. The maximum atomic E-state index is 12.3. The van der Waals surface area contributed by atoms with E-state index >= 15 is 0 Å². The molecule has 0 radical (unpaired) electrons. The van der Waals surface area contributed by atoms with E-state index in [1.54, 1.807) is 43.5 Å². The van der Waals surface area contributed by atoms with E-state index in [-0.39, 0.29) is 5.91 Å². The van der Waals surface area contributed by atoms with Crippen LogP contribution in [0.4, 0.5) is 11.4 Å². The Morgan fingerprint density at radius 2 is 1.85 bits per heavy atom. The van der Waals surface area contributed by atoms with Crippen LogP contribution in [-0.4, -0.2) is 15.9 Å². The lowest BCUT2D eigenvalue weighted by Gasteiger charge is -2.09. The lowest BCUT2D eigenvalue weighted by atomic mass is 10.1. The predicted molar refractivity (Wildman–Crippen MR) is 108 cm³/mol. The van der Waals surface area contributed by atoms with Crippen LogP contribution in [0.25, 0.3) is 0 Å². The minimum absolute atomic E-state index is 0.251. The highest BCUT2D eigenvalue weighted by atomic mass is 16.5. The summed E-state index contributed by atoms with van der Waals surface area (Å²) in [6.45, 7) is 6.16. The van der Waals surface area contributed by atoms with Crippen molar-refractivity contribution >= 4 is 17.3 Å². The number of ether oxygens (including phenoxy) is 1. The molecule has 0 atom stereocenters. The molecule has 1 aromatic carbocycles. The summed E-state index contributed by atoms with van der Waals surface area (Å²) < 4.78 is 5.67. The van der Waals surface area contributed by atoms with E-state index in [1.807, 2.05) is 32.0 Å². The third-order valence-electron chi connectivity index (χ3n) is 3.58. The highest BCUT2D eigenvalue weighted by Crippen LogP contribution is 2.18. The third-order valence-corrected chi connectivity index (χ3v) is 3.58. The van der Waals surface area contributed by atoms with E-state index in [1.165, 1.54) is 6.20 Å². The molecule has 6 nitrogen and oxygen atoms in total. The monoisotopic (exact) mass is 364 g/mol. The van der Waals surface area contributed by atoms with Crippen molar-refractivity contribution in [1.29, 1.82) is 0 Å². The smallest absolute Gasteiger partial charge is 0.257 e. The van der Waals surface area contributed by atoms with Crippen molar-refractivity contribution in [3.63, 3.8) is 0 Å².